The van der Waals surface area contributed by atoms with Gasteiger partial charge >= 0.3 is 0 Å². The smallest absolute Gasteiger partial charge is 0.213 e. The number of hydrogen-bond donors (Lipinski definition) is 1. The summed E-state index contributed by atoms with van der Waals surface area (Å²) in [6.07, 6.45) is 1.71. The molecule has 0 aliphatic heterocycles. The zero-order valence-electron chi connectivity index (χ0n) is 10.5. The predicted molar refractivity (Wildman–Crippen MR) is 75.4 cm³/mol. The molecule has 19 heavy (non-hydrogen) atoms. The molecular weight excluding hydrogens is 311 g/mol. The highest BCUT2D eigenvalue weighted by Gasteiger charge is 2.02. The van der Waals surface area contributed by atoms with E-state index in [-0.39, 0.29) is 5.82 Å². The monoisotopic (exact) mass is 324 g/mol. The molecule has 0 saturated carbocycles. The summed E-state index contributed by atoms with van der Waals surface area (Å²) >= 11 is 3.35. The highest BCUT2D eigenvalue weighted by molar-refractivity contribution is 9.10. The third-order valence-corrected chi connectivity index (χ3v) is 3.41. The maximum Gasteiger partial charge on any atom is 0.213 e. The van der Waals surface area contributed by atoms with Crippen LogP contribution in [0.1, 0.15) is 11.1 Å². The van der Waals surface area contributed by atoms with Crippen LogP contribution in [-0.4, -0.2) is 12.1 Å². The number of halogens is 2. The van der Waals surface area contributed by atoms with E-state index in [9.17, 15) is 4.39 Å². The van der Waals surface area contributed by atoms with Crippen LogP contribution in [0.25, 0.3) is 0 Å². The average molecular weight is 325 g/mol. The molecule has 2 rings (SSSR count). The standard InChI is InChI=1S/C14H14BrFN2O/c1-19-14-6-10(4-5-18-14)8-17-9-11-2-3-12(16)7-13(11)15/h2-7,17H,8-9H2,1H3. The molecule has 0 amide bonds. The van der Waals surface area contributed by atoms with Gasteiger partial charge in [0.25, 0.3) is 0 Å². The Balaban J connectivity index is 1.92. The van der Waals surface area contributed by atoms with Crippen LogP contribution in [0.5, 0.6) is 5.88 Å². The first-order chi connectivity index (χ1) is 9.19. The van der Waals surface area contributed by atoms with Gasteiger partial charge in [0, 0.05) is 29.8 Å². The maximum absolute atomic E-state index is 12.9. The molecule has 0 spiro atoms. The zero-order valence-corrected chi connectivity index (χ0v) is 12.1. The Labute approximate surface area is 119 Å². The molecule has 0 radical (unpaired) electrons. The maximum atomic E-state index is 12.9. The molecule has 1 aromatic carbocycles. The van der Waals surface area contributed by atoms with Gasteiger partial charge in [-0.15, -0.1) is 0 Å². The van der Waals surface area contributed by atoms with Crippen molar-refractivity contribution in [2.45, 2.75) is 13.1 Å². The molecule has 1 aromatic heterocycles. The molecule has 1 N–H and O–H groups in total. The van der Waals surface area contributed by atoms with Gasteiger partial charge in [-0.1, -0.05) is 22.0 Å². The Hall–Kier alpha value is -1.46. The fourth-order valence-electron chi connectivity index (χ4n) is 1.68. The molecule has 0 bridgehead atoms. The molecule has 100 valence electrons. The number of benzene rings is 1. The van der Waals surface area contributed by atoms with Gasteiger partial charge in [0.2, 0.25) is 5.88 Å². The Bertz CT molecular complexity index is 563. The lowest BCUT2D eigenvalue weighted by molar-refractivity contribution is 0.397. The van der Waals surface area contributed by atoms with Crippen molar-refractivity contribution in [1.29, 1.82) is 0 Å². The normalized spacial score (nSPS) is 10.5. The highest BCUT2D eigenvalue weighted by Crippen LogP contribution is 2.18. The van der Waals surface area contributed by atoms with Gasteiger partial charge in [-0.25, -0.2) is 9.37 Å². The number of aromatic nitrogens is 1. The lowest BCUT2D eigenvalue weighted by Gasteiger charge is -2.08. The molecular formula is C14H14BrFN2O. The van der Waals surface area contributed by atoms with Crippen molar-refractivity contribution in [3.63, 3.8) is 0 Å². The van der Waals surface area contributed by atoms with E-state index in [1.807, 2.05) is 12.1 Å². The molecule has 0 aliphatic carbocycles. The Morgan fingerprint density at radius 1 is 1.26 bits per heavy atom. The lowest BCUT2D eigenvalue weighted by Crippen LogP contribution is -2.13. The first-order valence-electron chi connectivity index (χ1n) is 5.82. The first-order valence-corrected chi connectivity index (χ1v) is 6.62. The SMILES string of the molecule is COc1cc(CNCc2ccc(F)cc2Br)ccn1. The average Bonchev–Trinajstić information content (AvgIpc) is 2.41. The van der Waals surface area contributed by atoms with Gasteiger partial charge in [-0.2, -0.15) is 0 Å². The van der Waals surface area contributed by atoms with Crippen LogP contribution in [0.15, 0.2) is 41.0 Å². The topological polar surface area (TPSA) is 34.1 Å². The zero-order chi connectivity index (χ0) is 13.7. The molecule has 0 aliphatic rings. The van der Waals surface area contributed by atoms with E-state index in [0.717, 1.165) is 15.6 Å². The van der Waals surface area contributed by atoms with Crippen molar-refractivity contribution in [3.8, 4) is 5.88 Å². The molecule has 2 aromatic rings. The van der Waals surface area contributed by atoms with E-state index in [2.05, 4.69) is 26.2 Å². The minimum Gasteiger partial charge on any atom is -0.481 e. The fourth-order valence-corrected chi connectivity index (χ4v) is 2.17. The molecule has 1 heterocycles. The summed E-state index contributed by atoms with van der Waals surface area (Å²) < 4.78 is 18.8. The number of nitrogens with one attached hydrogen (secondary N) is 1. The van der Waals surface area contributed by atoms with E-state index in [0.29, 0.717) is 19.0 Å². The minimum absolute atomic E-state index is 0.241. The van der Waals surface area contributed by atoms with Gasteiger partial charge in [-0.05, 0) is 29.3 Å². The van der Waals surface area contributed by atoms with Crippen LogP contribution in [-0.2, 0) is 13.1 Å². The van der Waals surface area contributed by atoms with Gasteiger partial charge < -0.3 is 10.1 Å². The molecule has 0 atom stereocenters. The minimum atomic E-state index is -0.241. The van der Waals surface area contributed by atoms with Crippen LogP contribution in [0.2, 0.25) is 0 Å². The van der Waals surface area contributed by atoms with Crippen LogP contribution in [0.3, 0.4) is 0 Å². The molecule has 5 heteroatoms. The third kappa shape index (κ3) is 4.01. The van der Waals surface area contributed by atoms with Crippen molar-refractivity contribution < 1.29 is 9.13 Å². The van der Waals surface area contributed by atoms with E-state index in [1.54, 1.807) is 19.4 Å². The van der Waals surface area contributed by atoms with E-state index >= 15 is 0 Å². The molecule has 0 unspecified atom stereocenters. The summed E-state index contributed by atoms with van der Waals surface area (Å²) in [6, 6.07) is 8.49. The molecule has 0 saturated heterocycles. The van der Waals surface area contributed by atoms with Crippen molar-refractivity contribution in [3.05, 3.63) is 57.9 Å². The summed E-state index contributed by atoms with van der Waals surface area (Å²) in [5.41, 5.74) is 2.10. The second-order valence-corrected chi connectivity index (χ2v) is 4.90. The lowest BCUT2D eigenvalue weighted by atomic mass is 10.2. The van der Waals surface area contributed by atoms with E-state index in [1.165, 1.54) is 12.1 Å². The van der Waals surface area contributed by atoms with Gasteiger partial charge in [0.15, 0.2) is 0 Å². The van der Waals surface area contributed by atoms with Gasteiger partial charge in [0.1, 0.15) is 5.82 Å². The largest absolute Gasteiger partial charge is 0.481 e. The van der Waals surface area contributed by atoms with Gasteiger partial charge in [-0.3, -0.25) is 0 Å². The second-order valence-electron chi connectivity index (χ2n) is 4.05. The van der Waals surface area contributed by atoms with Crippen LogP contribution in [0, 0.1) is 5.82 Å². The second kappa shape index (κ2) is 6.63. The summed E-state index contributed by atoms with van der Waals surface area (Å²) in [5.74, 6) is 0.358. The summed E-state index contributed by atoms with van der Waals surface area (Å²) in [6.45, 7) is 1.36. The first kappa shape index (κ1) is 14.0. The summed E-state index contributed by atoms with van der Waals surface area (Å²) in [7, 11) is 1.59. The fraction of sp³-hybridized carbons (Fsp3) is 0.214. The third-order valence-electron chi connectivity index (χ3n) is 2.67. The van der Waals surface area contributed by atoms with Crippen LogP contribution < -0.4 is 10.1 Å². The summed E-state index contributed by atoms with van der Waals surface area (Å²) in [5, 5.41) is 3.29. The number of pyridine rings is 1. The van der Waals surface area contributed by atoms with Crippen molar-refractivity contribution in [2.75, 3.05) is 7.11 Å². The quantitative estimate of drug-likeness (QED) is 0.916. The Morgan fingerprint density at radius 2 is 2.11 bits per heavy atom. The Morgan fingerprint density at radius 3 is 2.84 bits per heavy atom. The molecule has 3 nitrogen and oxygen atoms in total. The van der Waals surface area contributed by atoms with E-state index in [4.69, 9.17) is 4.74 Å². The number of nitrogens with zero attached hydrogens (tertiary/aromatic N) is 1. The highest BCUT2D eigenvalue weighted by atomic mass is 79.9. The summed E-state index contributed by atoms with van der Waals surface area (Å²) in [4.78, 5) is 4.05. The Kier molecular flexibility index (Phi) is 4.87. The number of methoxy groups -OCH3 is 1. The van der Waals surface area contributed by atoms with Gasteiger partial charge in [0.05, 0.1) is 7.11 Å². The van der Waals surface area contributed by atoms with Crippen LogP contribution in [0.4, 0.5) is 4.39 Å². The van der Waals surface area contributed by atoms with Crippen molar-refractivity contribution >= 4 is 15.9 Å². The van der Waals surface area contributed by atoms with Crippen molar-refractivity contribution in [1.82, 2.24) is 10.3 Å². The molecule has 0 fully saturated rings. The number of hydrogen-bond acceptors (Lipinski definition) is 3. The number of rotatable bonds is 5. The van der Waals surface area contributed by atoms with E-state index < -0.39 is 0 Å². The number of ether oxygens (including phenoxy) is 1. The van der Waals surface area contributed by atoms with Crippen molar-refractivity contribution in [2.24, 2.45) is 0 Å². The predicted octanol–water partition coefficient (Wildman–Crippen LogP) is 3.28. The van der Waals surface area contributed by atoms with Crippen LogP contribution >= 0.6 is 15.9 Å².